The van der Waals surface area contributed by atoms with Crippen LogP contribution in [-0.4, -0.2) is 48.2 Å². The summed E-state index contributed by atoms with van der Waals surface area (Å²) in [6, 6.07) is 5.18. The maximum atomic E-state index is 12.1. The van der Waals surface area contributed by atoms with Crippen LogP contribution in [0.1, 0.15) is 32.7 Å². The number of amides is 3. The molecule has 0 unspecified atom stereocenters. The number of nitrogens with zero attached hydrogens (tertiary/aromatic N) is 2. The molecule has 2 rings (SSSR count). The van der Waals surface area contributed by atoms with Gasteiger partial charge in [-0.1, -0.05) is 11.6 Å². The molecule has 1 aromatic carbocycles. The molecule has 1 aliphatic heterocycles. The molecule has 3 amide bonds. The zero-order valence-electron chi connectivity index (χ0n) is 11.3. The molecule has 0 N–H and O–H groups in total. The Morgan fingerprint density at radius 2 is 1.79 bits per heavy atom. The summed E-state index contributed by atoms with van der Waals surface area (Å²) < 4.78 is 0. The average molecular weight is 260 g/mol. The number of rotatable bonds is 3. The number of aryl methyl sites for hydroxylation is 1. The van der Waals surface area contributed by atoms with Crippen LogP contribution in [0.2, 0.25) is 0 Å². The summed E-state index contributed by atoms with van der Waals surface area (Å²) in [5.41, 5.74) is 1.79. The third-order valence-corrected chi connectivity index (χ3v) is 3.17. The Kier molecular flexibility index (Phi) is 3.38. The second-order valence-corrected chi connectivity index (χ2v) is 4.85. The van der Waals surface area contributed by atoms with Gasteiger partial charge in [0.05, 0.1) is 11.1 Å². The molecule has 0 aliphatic carbocycles. The van der Waals surface area contributed by atoms with Crippen LogP contribution in [0, 0.1) is 6.92 Å². The predicted octanol–water partition coefficient (Wildman–Crippen LogP) is 1.07. The van der Waals surface area contributed by atoms with Gasteiger partial charge in [0.2, 0.25) is 5.91 Å². The van der Waals surface area contributed by atoms with Crippen LogP contribution in [0.25, 0.3) is 0 Å². The van der Waals surface area contributed by atoms with Crippen LogP contribution in [0.4, 0.5) is 0 Å². The summed E-state index contributed by atoms with van der Waals surface area (Å²) in [6.07, 6.45) is 0.150. The highest BCUT2D eigenvalue weighted by Gasteiger charge is 2.35. The van der Waals surface area contributed by atoms with E-state index in [0.29, 0.717) is 11.1 Å². The van der Waals surface area contributed by atoms with E-state index >= 15 is 0 Å². The Balaban J connectivity index is 2.16. The number of hydrogen-bond acceptors (Lipinski definition) is 3. The predicted molar refractivity (Wildman–Crippen MR) is 69.9 cm³/mol. The number of fused-ring (bicyclic) bond motifs is 1. The van der Waals surface area contributed by atoms with E-state index in [-0.39, 0.29) is 30.7 Å². The van der Waals surface area contributed by atoms with E-state index in [4.69, 9.17) is 0 Å². The molecule has 1 heterocycles. The lowest BCUT2D eigenvalue weighted by atomic mass is 10.1. The molecule has 1 aromatic rings. The highest BCUT2D eigenvalue weighted by molar-refractivity contribution is 6.21. The molecule has 0 atom stereocenters. The second-order valence-electron chi connectivity index (χ2n) is 4.85. The van der Waals surface area contributed by atoms with E-state index in [1.54, 1.807) is 32.3 Å². The summed E-state index contributed by atoms with van der Waals surface area (Å²) in [6.45, 7) is 2.00. The number of hydrogen-bond donors (Lipinski definition) is 0. The van der Waals surface area contributed by atoms with Crippen molar-refractivity contribution in [3.05, 3.63) is 34.9 Å². The number of benzene rings is 1. The molecule has 0 spiro atoms. The summed E-state index contributed by atoms with van der Waals surface area (Å²) >= 11 is 0. The SMILES string of the molecule is Cc1ccc2c(c1)C(=O)N(CCC(=O)N(C)C)C2=O. The zero-order valence-corrected chi connectivity index (χ0v) is 11.3. The Morgan fingerprint density at radius 1 is 1.16 bits per heavy atom. The van der Waals surface area contributed by atoms with E-state index in [0.717, 1.165) is 10.5 Å². The van der Waals surface area contributed by atoms with Gasteiger partial charge in [-0.2, -0.15) is 0 Å². The fourth-order valence-corrected chi connectivity index (χ4v) is 2.04. The standard InChI is InChI=1S/C14H16N2O3/c1-9-4-5-10-11(8-9)14(19)16(13(10)18)7-6-12(17)15(2)3/h4-5,8H,6-7H2,1-3H3. The minimum Gasteiger partial charge on any atom is -0.349 e. The summed E-state index contributed by atoms with van der Waals surface area (Å²) in [4.78, 5) is 38.3. The maximum absolute atomic E-state index is 12.1. The van der Waals surface area contributed by atoms with Crippen molar-refractivity contribution in [2.24, 2.45) is 0 Å². The summed E-state index contributed by atoms with van der Waals surface area (Å²) in [5.74, 6) is -0.727. The van der Waals surface area contributed by atoms with E-state index in [2.05, 4.69) is 0 Å². The third kappa shape index (κ3) is 2.36. The molecule has 0 aromatic heterocycles. The largest absolute Gasteiger partial charge is 0.349 e. The van der Waals surface area contributed by atoms with Crippen molar-refractivity contribution in [2.45, 2.75) is 13.3 Å². The quantitative estimate of drug-likeness (QED) is 0.764. The van der Waals surface area contributed by atoms with Crippen LogP contribution in [-0.2, 0) is 4.79 Å². The van der Waals surface area contributed by atoms with Crippen LogP contribution < -0.4 is 0 Å². The summed E-state index contributed by atoms with van der Waals surface area (Å²) in [5, 5.41) is 0. The minimum atomic E-state index is -0.313. The molecule has 5 nitrogen and oxygen atoms in total. The lowest BCUT2D eigenvalue weighted by Crippen LogP contribution is -2.34. The van der Waals surface area contributed by atoms with Gasteiger partial charge < -0.3 is 4.90 Å². The molecule has 0 saturated heterocycles. The van der Waals surface area contributed by atoms with Gasteiger partial charge in [-0.3, -0.25) is 19.3 Å². The van der Waals surface area contributed by atoms with Crippen molar-refractivity contribution in [2.75, 3.05) is 20.6 Å². The van der Waals surface area contributed by atoms with Crippen LogP contribution in [0.3, 0.4) is 0 Å². The molecule has 0 bridgehead atoms. The molecule has 0 fully saturated rings. The minimum absolute atomic E-state index is 0.104. The fourth-order valence-electron chi connectivity index (χ4n) is 2.04. The van der Waals surface area contributed by atoms with E-state index in [1.165, 1.54) is 4.90 Å². The Morgan fingerprint density at radius 3 is 2.42 bits per heavy atom. The van der Waals surface area contributed by atoms with Gasteiger partial charge in [-0.15, -0.1) is 0 Å². The molecular formula is C14H16N2O3. The highest BCUT2D eigenvalue weighted by atomic mass is 16.2. The monoisotopic (exact) mass is 260 g/mol. The molecule has 5 heteroatoms. The molecule has 100 valence electrons. The maximum Gasteiger partial charge on any atom is 0.261 e. The van der Waals surface area contributed by atoms with Crippen LogP contribution in [0.5, 0.6) is 0 Å². The van der Waals surface area contributed by atoms with Crippen molar-refractivity contribution < 1.29 is 14.4 Å². The smallest absolute Gasteiger partial charge is 0.261 e. The van der Waals surface area contributed by atoms with E-state index in [1.807, 2.05) is 6.92 Å². The lowest BCUT2D eigenvalue weighted by Gasteiger charge is -2.15. The summed E-state index contributed by atoms with van der Waals surface area (Å²) in [7, 11) is 3.29. The Labute approximate surface area is 111 Å². The van der Waals surface area contributed by atoms with Crippen LogP contribution in [0.15, 0.2) is 18.2 Å². The zero-order chi connectivity index (χ0) is 14.2. The Bertz CT molecular complexity index is 564. The third-order valence-electron chi connectivity index (χ3n) is 3.17. The van der Waals surface area contributed by atoms with Gasteiger partial charge >= 0.3 is 0 Å². The first-order chi connectivity index (χ1) is 8.91. The van der Waals surface area contributed by atoms with Gasteiger partial charge in [-0.05, 0) is 19.1 Å². The van der Waals surface area contributed by atoms with Gasteiger partial charge in [0, 0.05) is 27.1 Å². The first-order valence-corrected chi connectivity index (χ1v) is 6.09. The van der Waals surface area contributed by atoms with Crippen molar-refractivity contribution >= 4 is 17.7 Å². The highest BCUT2D eigenvalue weighted by Crippen LogP contribution is 2.23. The lowest BCUT2D eigenvalue weighted by molar-refractivity contribution is -0.128. The molecule has 19 heavy (non-hydrogen) atoms. The van der Waals surface area contributed by atoms with Gasteiger partial charge in [0.15, 0.2) is 0 Å². The first kappa shape index (κ1) is 13.3. The number of carbonyl (C=O) groups is 3. The van der Waals surface area contributed by atoms with Crippen molar-refractivity contribution in [1.82, 2.24) is 9.80 Å². The molecular weight excluding hydrogens is 244 g/mol. The molecule has 0 saturated carbocycles. The fraction of sp³-hybridized carbons (Fsp3) is 0.357. The van der Waals surface area contributed by atoms with Crippen molar-refractivity contribution in [1.29, 1.82) is 0 Å². The molecule has 1 aliphatic rings. The Hall–Kier alpha value is -2.17. The van der Waals surface area contributed by atoms with Crippen molar-refractivity contribution in [3.63, 3.8) is 0 Å². The van der Waals surface area contributed by atoms with Gasteiger partial charge in [0.25, 0.3) is 11.8 Å². The van der Waals surface area contributed by atoms with Crippen LogP contribution >= 0.6 is 0 Å². The number of carbonyl (C=O) groups excluding carboxylic acids is 3. The van der Waals surface area contributed by atoms with Crippen molar-refractivity contribution in [3.8, 4) is 0 Å². The van der Waals surface area contributed by atoms with Gasteiger partial charge in [-0.25, -0.2) is 0 Å². The first-order valence-electron chi connectivity index (χ1n) is 6.09. The normalized spacial score (nSPS) is 13.7. The van der Waals surface area contributed by atoms with E-state index in [9.17, 15) is 14.4 Å². The topological polar surface area (TPSA) is 57.7 Å². The number of imide groups is 1. The van der Waals surface area contributed by atoms with Gasteiger partial charge in [0.1, 0.15) is 0 Å². The average Bonchev–Trinajstić information content (AvgIpc) is 2.59. The van der Waals surface area contributed by atoms with E-state index < -0.39 is 0 Å². The second kappa shape index (κ2) is 4.84. The molecule has 0 radical (unpaired) electrons.